The lowest BCUT2D eigenvalue weighted by Gasteiger charge is -2.37. The number of hydrogen-bond acceptors (Lipinski definition) is 6. The summed E-state index contributed by atoms with van der Waals surface area (Å²) >= 11 is 0. The Morgan fingerprint density at radius 1 is 0.781 bits per heavy atom. The molecule has 6 heteroatoms. The summed E-state index contributed by atoms with van der Waals surface area (Å²) in [5.74, 6) is 1.48. The number of rotatable bonds is 8. The molecule has 3 atom stereocenters. The third kappa shape index (κ3) is 4.36. The molecule has 1 aliphatic heterocycles. The van der Waals surface area contributed by atoms with E-state index in [1.54, 1.807) is 14.2 Å². The standard InChI is InChI=1S/C26H28O6/c1-29-21-12-8-19(9-13-21)26(18-6-4-3-5-7-18,20-10-14-22(30-2)15-11-20)31-17-24-23(27)16-25(28)32-24/h3-15,23-25,27-28H,16-17H2,1-2H3/t23?,24-,25-/m1/s1. The number of methoxy groups -OCH3 is 2. The molecule has 32 heavy (non-hydrogen) atoms. The van der Waals surface area contributed by atoms with Crippen molar-refractivity contribution in [3.05, 3.63) is 95.6 Å². The molecule has 0 radical (unpaired) electrons. The number of aliphatic hydroxyl groups excluding tert-OH is 2. The minimum Gasteiger partial charge on any atom is -0.497 e. The Labute approximate surface area is 188 Å². The van der Waals surface area contributed by atoms with Crippen molar-refractivity contribution >= 4 is 0 Å². The molecule has 1 unspecified atom stereocenters. The SMILES string of the molecule is COc1ccc(C(OC[C@H]2O[C@@H](O)CC2O)(c2ccccc2)c2ccc(OC)cc2)cc1. The quantitative estimate of drug-likeness (QED) is 0.527. The van der Waals surface area contributed by atoms with Crippen LogP contribution in [0.15, 0.2) is 78.9 Å². The Morgan fingerprint density at radius 2 is 1.28 bits per heavy atom. The van der Waals surface area contributed by atoms with E-state index in [1.165, 1.54) is 0 Å². The molecule has 0 bridgehead atoms. The molecule has 168 valence electrons. The average Bonchev–Trinajstić information content (AvgIpc) is 3.17. The molecule has 0 aliphatic carbocycles. The van der Waals surface area contributed by atoms with Crippen molar-refractivity contribution in [2.75, 3.05) is 20.8 Å². The summed E-state index contributed by atoms with van der Waals surface area (Å²) in [6.07, 6.45) is -2.27. The van der Waals surface area contributed by atoms with E-state index < -0.39 is 24.1 Å². The van der Waals surface area contributed by atoms with E-state index in [0.29, 0.717) is 0 Å². The predicted octanol–water partition coefficient (Wildman–Crippen LogP) is 3.48. The number of hydrogen-bond donors (Lipinski definition) is 2. The zero-order chi connectivity index (χ0) is 22.6. The fourth-order valence-electron chi connectivity index (χ4n) is 4.14. The maximum absolute atomic E-state index is 10.3. The summed E-state index contributed by atoms with van der Waals surface area (Å²) in [6, 6.07) is 25.4. The van der Waals surface area contributed by atoms with E-state index in [0.717, 1.165) is 28.2 Å². The first kappa shape index (κ1) is 22.3. The Bertz CT molecular complexity index is 940. The molecule has 6 nitrogen and oxygen atoms in total. The van der Waals surface area contributed by atoms with E-state index in [4.69, 9.17) is 18.9 Å². The van der Waals surface area contributed by atoms with E-state index in [-0.39, 0.29) is 13.0 Å². The van der Waals surface area contributed by atoms with Crippen molar-refractivity contribution in [1.82, 2.24) is 0 Å². The summed E-state index contributed by atoms with van der Waals surface area (Å²) in [5, 5.41) is 20.1. The zero-order valence-electron chi connectivity index (χ0n) is 18.2. The topological polar surface area (TPSA) is 77.4 Å². The Kier molecular flexibility index (Phi) is 6.77. The normalized spacial score (nSPS) is 20.8. The number of ether oxygens (including phenoxy) is 4. The van der Waals surface area contributed by atoms with Crippen molar-refractivity contribution in [3.8, 4) is 11.5 Å². The van der Waals surface area contributed by atoms with Crippen LogP contribution in [0.4, 0.5) is 0 Å². The largest absolute Gasteiger partial charge is 0.497 e. The molecule has 2 N–H and O–H groups in total. The van der Waals surface area contributed by atoms with Gasteiger partial charge in [-0.1, -0.05) is 54.6 Å². The van der Waals surface area contributed by atoms with Crippen LogP contribution in [0.3, 0.4) is 0 Å². The van der Waals surface area contributed by atoms with Gasteiger partial charge in [0.25, 0.3) is 0 Å². The monoisotopic (exact) mass is 436 g/mol. The predicted molar refractivity (Wildman–Crippen MR) is 120 cm³/mol. The van der Waals surface area contributed by atoms with Gasteiger partial charge in [-0.15, -0.1) is 0 Å². The first-order valence-electron chi connectivity index (χ1n) is 10.6. The third-order valence-corrected chi connectivity index (χ3v) is 5.84. The summed E-state index contributed by atoms with van der Waals surface area (Å²) in [5.41, 5.74) is 1.71. The van der Waals surface area contributed by atoms with Crippen LogP contribution in [0.2, 0.25) is 0 Å². The van der Waals surface area contributed by atoms with Crippen LogP contribution in [-0.2, 0) is 15.1 Å². The Hall–Kier alpha value is -2.90. The van der Waals surface area contributed by atoms with Crippen LogP contribution in [0.5, 0.6) is 11.5 Å². The third-order valence-electron chi connectivity index (χ3n) is 5.84. The van der Waals surface area contributed by atoms with E-state index in [2.05, 4.69) is 0 Å². The lowest BCUT2D eigenvalue weighted by molar-refractivity contribution is -0.130. The van der Waals surface area contributed by atoms with Gasteiger partial charge in [-0.3, -0.25) is 0 Å². The van der Waals surface area contributed by atoms with Gasteiger partial charge in [0.1, 0.15) is 23.2 Å². The Morgan fingerprint density at radius 3 is 1.72 bits per heavy atom. The lowest BCUT2D eigenvalue weighted by atomic mass is 9.80. The highest BCUT2D eigenvalue weighted by Gasteiger charge is 2.41. The van der Waals surface area contributed by atoms with Gasteiger partial charge in [-0.25, -0.2) is 0 Å². The summed E-state index contributed by atoms with van der Waals surface area (Å²) in [6.45, 7) is 0.0885. The minimum absolute atomic E-state index is 0.0885. The highest BCUT2D eigenvalue weighted by Crippen LogP contribution is 2.42. The lowest BCUT2D eigenvalue weighted by Crippen LogP contribution is -2.38. The molecule has 1 aliphatic rings. The van der Waals surface area contributed by atoms with Gasteiger partial charge in [0.2, 0.25) is 0 Å². The van der Waals surface area contributed by atoms with Crippen molar-refractivity contribution in [2.24, 2.45) is 0 Å². The smallest absolute Gasteiger partial charge is 0.157 e. The van der Waals surface area contributed by atoms with Gasteiger partial charge in [-0.05, 0) is 41.0 Å². The second-order valence-electron chi connectivity index (χ2n) is 7.75. The van der Waals surface area contributed by atoms with Gasteiger partial charge in [0, 0.05) is 6.42 Å². The summed E-state index contributed by atoms with van der Waals surface area (Å²) in [7, 11) is 3.26. The molecular formula is C26H28O6. The highest BCUT2D eigenvalue weighted by atomic mass is 16.6. The molecule has 4 rings (SSSR count). The van der Waals surface area contributed by atoms with E-state index in [1.807, 2.05) is 78.9 Å². The number of benzene rings is 3. The van der Waals surface area contributed by atoms with Crippen LogP contribution >= 0.6 is 0 Å². The van der Waals surface area contributed by atoms with Crippen LogP contribution in [0.25, 0.3) is 0 Å². The maximum atomic E-state index is 10.3. The average molecular weight is 437 g/mol. The van der Waals surface area contributed by atoms with Crippen LogP contribution in [0, 0.1) is 0 Å². The molecule has 0 amide bonds. The van der Waals surface area contributed by atoms with Crippen molar-refractivity contribution in [2.45, 2.75) is 30.5 Å². The molecule has 0 spiro atoms. The first-order chi connectivity index (χ1) is 15.6. The molecule has 1 saturated heterocycles. The molecule has 1 heterocycles. The second kappa shape index (κ2) is 9.71. The first-order valence-corrected chi connectivity index (χ1v) is 10.6. The van der Waals surface area contributed by atoms with Crippen molar-refractivity contribution in [1.29, 1.82) is 0 Å². The molecule has 0 aromatic heterocycles. The highest BCUT2D eigenvalue weighted by molar-refractivity contribution is 5.49. The van der Waals surface area contributed by atoms with Gasteiger partial charge in [0.05, 0.1) is 26.9 Å². The van der Waals surface area contributed by atoms with Crippen molar-refractivity contribution < 1.29 is 29.2 Å². The van der Waals surface area contributed by atoms with E-state index >= 15 is 0 Å². The molecule has 1 fully saturated rings. The molecule has 3 aromatic rings. The fraction of sp³-hybridized carbons (Fsp3) is 0.308. The number of aliphatic hydroxyl groups is 2. The van der Waals surface area contributed by atoms with Crippen LogP contribution in [-0.4, -0.2) is 49.5 Å². The molecular weight excluding hydrogens is 408 g/mol. The summed E-state index contributed by atoms with van der Waals surface area (Å²) < 4.78 is 22.9. The van der Waals surface area contributed by atoms with Crippen LogP contribution in [0.1, 0.15) is 23.1 Å². The minimum atomic E-state index is -0.994. The van der Waals surface area contributed by atoms with Gasteiger partial charge in [-0.2, -0.15) is 0 Å². The van der Waals surface area contributed by atoms with Gasteiger partial charge < -0.3 is 29.2 Å². The molecule has 3 aromatic carbocycles. The van der Waals surface area contributed by atoms with Crippen molar-refractivity contribution in [3.63, 3.8) is 0 Å². The van der Waals surface area contributed by atoms with Gasteiger partial charge in [0.15, 0.2) is 6.29 Å². The maximum Gasteiger partial charge on any atom is 0.157 e. The second-order valence-corrected chi connectivity index (χ2v) is 7.75. The zero-order valence-corrected chi connectivity index (χ0v) is 18.2. The molecule has 0 saturated carbocycles. The van der Waals surface area contributed by atoms with Gasteiger partial charge >= 0.3 is 0 Å². The Balaban J connectivity index is 1.84. The van der Waals surface area contributed by atoms with E-state index in [9.17, 15) is 10.2 Å². The fourth-order valence-corrected chi connectivity index (χ4v) is 4.14. The van der Waals surface area contributed by atoms with Crippen LogP contribution < -0.4 is 9.47 Å². The summed E-state index contributed by atoms with van der Waals surface area (Å²) in [4.78, 5) is 0.